The fourth-order valence-corrected chi connectivity index (χ4v) is 4.68. The quantitative estimate of drug-likeness (QED) is 0.389. The van der Waals surface area contributed by atoms with E-state index in [1.54, 1.807) is 0 Å². The lowest BCUT2D eigenvalue weighted by Crippen LogP contribution is -2.39. The van der Waals surface area contributed by atoms with Crippen LogP contribution in [-0.4, -0.2) is 36.6 Å². The van der Waals surface area contributed by atoms with Crippen LogP contribution in [0, 0.1) is 12.8 Å². The Labute approximate surface area is 207 Å². The van der Waals surface area contributed by atoms with Crippen molar-refractivity contribution in [2.24, 2.45) is 5.92 Å². The number of tetrazole rings is 1. The maximum absolute atomic E-state index is 13.1. The molecule has 0 aliphatic carbocycles. The normalized spacial score (nSPS) is 13.1. The molecule has 35 heavy (non-hydrogen) atoms. The maximum atomic E-state index is 13.1. The summed E-state index contributed by atoms with van der Waals surface area (Å²) in [6.07, 6.45) is 0.867. The Morgan fingerprint density at radius 1 is 1.06 bits per heavy atom. The molecule has 0 radical (unpaired) electrons. The van der Waals surface area contributed by atoms with E-state index in [4.69, 9.17) is 0 Å². The summed E-state index contributed by atoms with van der Waals surface area (Å²) in [5.41, 5.74) is 3.73. The van der Waals surface area contributed by atoms with E-state index in [2.05, 4.69) is 97.3 Å². The molecule has 4 rings (SSSR count). The Morgan fingerprint density at radius 2 is 1.80 bits per heavy atom. The number of aromatic amines is 1. The Hall–Kier alpha value is -3.32. The van der Waals surface area contributed by atoms with Crippen LogP contribution in [0.1, 0.15) is 63.2 Å². The molecule has 7 nitrogen and oxygen atoms in total. The number of nitrogens with zero attached hydrogens (tertiary/aromatic N) is 5. The summed E-state index contributed by atoms with van der Waals surface area (Å²) >= 11 is 0. The van der Waals surface area contributed by atoms with Gasteiger partial charge in [-0.2, -0.15) is 0 Å². The summed E-state index contributed by atoms with van der Waals surface area (Å²) in [5, 5.41) is 13.9. The average molecular weight is 473 g/mol. The number of H-pyrrole nitrogens is 1. The van der Waals surface area contributed by atoms with Gasteiger partial charge in [-0.05, 0) is 79.6 Å². The number of rotatable bonds is 8. The summed E-state index contributed by atoms with van der Waals surface area (Å²) in [6.45, 7) is 14.0. The molecular weight excluding hydrogens is 436 g/mol. The van der Waals surface area contributed by atoms with Crippen LogP contribution in [0.25, 0.3) is 10.9 Å². The minimum absolute atomic E-state index is 0.0519. The lowest BCUT2D eigenvalue weighted by atomic mass is 9.98. The van der Waals surface area contributed by atoms with Crippen LogP contribution < -0.4 is 5.56 Å². The fourth-order valence-electron chi connectivity index (χ4n) is 4.68. The van der Waals surface area contributed by atoms with Crippen molar-refractivity contribution in [3.8, 4) is 0 Å². The van der Waals surface area contributed by atoms with Crippen LogP contribution in [0.15, 0.2) is 59.4 Å². The molecule has 0 aliphatic heterocycles. The fraction of sp³-hybridized carbons (Fsp3) is 0.429. The summed E-state index contributed by atoms with van der Waals surface area (Å²) < 4.78 is 1.92. The lowest BCUT2D eigenvalue weighted by Gasteiger charge is -2.35. The third-order valence-electron chi connectivity index (χ3n) is 6.40. The molecule has 0 bridgehead atoms. The molecule has 0 saturated heterocycles. The molecule has 0 amide bonds. The summed E-state index contributed by atoms with van der Waals surface area (Å²) in [5.74, 6) is 1.06. The first-order valence-corrected chi connectivity index (χ1v) is 12.3. The second-order valence-corrected chi connectivity index (χ2v) is 10.7. The minimum Gasteiger partial charge on any atom is -0.322 e. The van der Waals surface area contributed by atoms with E-state index in [0.717, 1.165) is 35.3 Å². The predicted octanol–water partition coefficient (Wildman–Crippen LogP) is 5.02. The highest BCUT2D eigenvalue weighted by molar-refractivity contribution is 5.79. The van der Waals surface area contributed by atoms with Crippen LogP contribution in [0.5, 0.6) is 0 Å². The molecule has 0 aliphatic rings. The first-order valence-electron chi connectivity index (χ1n) is 12.3. The van der Waals surface area contributed by atoms with Gasteiger partial charge in [0.05, 0.1) is 11.6 Å². The van der Waals surface area contributed by atoms with Gasteiger partial charge in [-0.15, -0.1) is 5.10 Å². The molecule has 184 valence electrons. The van der Waals surface area contributed by atoms with Crippen molar-refractivity contribution in [2.45, 2.75) is 66.1 Å². The highest BCUT2D eigenvalue weighted by atomic mass is 16.1. The Bertz CT molecular complexity index is 1330. The van der Waals surface area contributed by atoms with Gasteiger partial charge >= 0.3 is 0 Å². The molecule has 0 spiro atoms. The van der Waals surface area contributed by atoms with Gasteiger partial charge in [0.1, 0.15) is 0 Å². The molecule has 2 heterocycles. The highest BCUT2D eigenvalue weighted by Gasteiger charge is 2.32. The van der Waals surface area contributed by atoms with Gasteiger partial charge in [0.2, 0.25) is 0 Å². The molecule has 1 N–H and O–H groups in total. The number of pyridine rings is 1. The molecule has 0 saturated carbocycles. The zero-order chi connectivity index (χ0) is 25.2. The van der Waals surface area contributed by atoms with Crippen molar-refractivity contribution in [1.82, 2.24) is 30.1 Å². The lowest BCUT2D eigenvalue weighted by molar-refractivity contribution is 0.129. The summed E-state index contributed by atoms with van der Waals surface area (Å²) in [6, 6.07) is 18.5. The molecule has 2 aromatic carbocycles. The van der Waals surface area contributed by atoms with E-state index in [1.807, 2.05) is 28.9 Å². The monoisotopic (exact) mass is 472 g/mol. The van der Waals surface area contributed by atoms with E-state index >= 15 is 0 Å². The van der Waals surface area contributed by atoms with Gasteiger partial charge in [-0.25, -0.2) is 4.68 Å². The van der Waals surface area contributed by atoms with Gasteiger partial charge in [0.15, 0.2) is 5.82 Å². The molecule has 0 fully saturated rings. The Kier molecular flexibility index (Phi) is 7.17. The molecular formula is C28H36N6O. The topological polar surface area (TPSA) is 79.7 Å². The maximum Gasteiger partial charge on any atom is 0.252 e. The number of nitrogens with one attached hydrogen (secondary N) is 1. The van der Waals surface area contributed by atoms with Gasteiger partial charge < -0.3 is 4.98 Å². The summed E-state index contributed by atoms with van der Waals surface area (Å²) in [7, 11) is 0. The average Bonchev–Trinajstić information content (AvgIpc) is 3.28. The van der Waals surface area contributed by atoms with Crippen LogP contribution in [0.3, 0.4) is 0 Å². The zero-order valence-corrected chi connectivity index (χ0v) is 21.6. The van der Waals surface area contributed by atoms with E-state index < -0.39 is 0 Å². The largest absolute Gasteiger partial charge is 0.322 e. The van der Waals surface area contributed by atoms with Crippen molar-refractivity contribution in [3.63, 3.8) is 0 Å². The van der Waals surface area contributed by atoms with Crippen molar-refractivity contribution < 1.29 is 0 Å². The number of hydrogen-bond donors (Lipinski definition) is 1. The number of fused-ring (bicyclic) bond motifs is 1. The third-order valence-corrected chi connectivity index (χ3v) is 6.40. The molecule has 0 unspecified atom stereocenters. The molecule has 1 atom stereocenters. The standard InChI is InChI=1S/C28H36N6O/c1-19(2)25(26-30-31-32-34(26)28(4,5)6)33(15-14-21-10-8-7-9-11-21)18-23-17-22-16-20(3)12-13-24(22)29-27(23)35/h7-13,16-17,19,25H,14-15,18H2,1-6H3,(H,29,35)/t25-/m1/s1. The van der Waals surface area contributed by atoms with Crippen molar-refractivity contribution in [1.29, 1.82) is 0 Å². The zero-order valence-electron chi connectivity index (χ0n) is 21.6. The van der Waals surface area contributed by atoms with E-state index in [9.17, 15) is 4.79 Å². The summed E-state index contributed by atoms with van der Waals surface area (Å²) in [4.78, 5) is 18.5. The van der Waals surface area contributed by atoms with Crippen molar-refractivity contribution >= 4 is 10.9 Å². The van der Waals surface area contributed by atoms with Gasteiger partial charge in [0, 0.05) is 24.2 Å². The first-order chi connectivity index (χ1) is 16.6. The second kappa shape index (κ2) is 10.1. The van der Waals surface area contributed by atoms with Crippen LogP contribution in [-0.2, 0) is 18.5 Å². The van der Waals surface area contributed by atoms with E-state index in [0.29, 0.717) is 6.54 Å². The van der Waals surface area contributed by atoms with Gasteiger partial charge in [-0.3, -0.25) is 9.69 Å². The SMILES string of the molecule is Cc1ccc2[nH]c(=O)c(CN(CCc3ccccc3)[C@@H](c3nnnn3C(C)(C)C)C(C)C)cc2c1. The molecule has 7 heteroatoms. The predicted molar refractivity (Wildman–Crippen MR) is 140 cm³/mol. The molecule has 4 aromatic rings. The smallest absolute Gasteiger partial charge is 0.252 e. The van der Waals surface area contributed by atoms with Crippen molar-refractivity contribution in [3.05, 3.63) is 87.5 Å². The van der Waals surface area contributed by atoms with Gasteiger partial charge in [0.25, 0.3) is 5.56 Å². The highest BCUT2D eigenvalue weighted by Crippen LogP contribution is 2.31. The van der Waals surface area contributed by atoms with Crippen LogP contribution in [0.4, 0.5) is 0 Å². The van der Waals surface area contributed by atoms with Crippen molar-refractivity contribution in [2.75, 3.05) is 6.54 Å². The first kappa shape index (κ1) is 24.8. The van der Waals surface area contributed by atoms with E-state index in [1.165, 1.54) is 11.1 Å². The van der Waals surface area contributed by atoms with Crippen LogP contribution in [0.2, 0.25) is 0 Å². The van der Waals surface area contributed by atoms with Crippen LogP contribution >= 0.6 is 0 Å². The third kappa shape index (κ3) is 5.68. The van der Waals surface area contributed by atoms with Gasteiger partial charge in [-0.1, -0.05) is 55.8 Å². The Balaban J connectivity index is 1.76. The minimum atomic E-state index is -0.255. The molecule has 2 aromatic heterocycles. The van der Waals surface area contributed by atoms with E-state index in [-0.39, 0.29) is 23.1 Å². The number of aromatic nitrogens is 5. The number of aryl methyl sites for hydroxylation is 1. The Morgan fingerprint density at radius 3 is 2.49 bits per heavy atom. The number of hydrogen-bond acceptors (Lipinski definition) is 5. The number of benzene rings is 2. The second-order valence-electron chi connectivity index (χ2n) is 10.7.